The zero-order valence-corrected chi connectivity index (χ0v) is 15.6. The average molecular weight is 279 g/mol. The van der Waals surface area contributed by atoms with E-state index in [0.29, 0.717) is 11.5 Å². The molecule has 2 unspecified atom stereocenters. The molecule has 0 N–H and O–H groups in total. The highest BCUT2D eigenvalue weighted by Gasteiger charge is 2.34. The van der Waals surface area contributed by atoms with Gasteiger partial charge in [0.25, 0.3) is 0 Å². The molecule has 0 bridgehead atoms. The summed E-state index contributed by atoms with van der Waals surface area (Å²) in [5.74, 6) is 0. The molecule has 0 radical (unpaired) electrons. The maximum atomic E-state index is 6.41. The van der Waals surface area contributed by atoms with Crippen molar-refractivity contribution in [2.75, 3.05) is 0 Å². The highest BCUT2D eigenvalue weighted by atomic mass is 28.4. The fraction of sp³-hybridized carbons (Fsp3) is 1.00. The lowest BCUT2D eigenvalue weighted by molar-refractivity contribution is 0.203. The van der Waals surface area contributed by atoms with Crippen LogP contribution in [0.5, 0.6) is 0 Å². The van der Waals surface area contributed by atoms with Gasteiger partial charge in [0.15, 0.2) is 9.04 Å². The van der Waals surface area contributed by atoms with E-state index in [-0.39, 0.29) is 0 Å². The van der Waals surface area contributed by atoms with Gasteiger partial charge in [-0.25, -0.2) is 0 Å². The molecule has 0 aliphatic carbocycles. The second-order valence-electron chi connectivity index (χ2n) is 5.74. The van der Waals surface area contributed by atoms with Gasteiger partial charge in [0.2, 0.25) is 8.32 Å². The molecule has 0 aliphatic rings. The standard InChI is InChI=1S/C11H30O2Si3/c1-9-11(14(3)4)13-16(7,8)10(2)12-15(5)6/h10-11,14-15H,9H2,1-8H3. The fourth-order valence-corrected chi connectivity index (χ4v) is 8.92. The number of hydrogen-bond acceptors (Lipinski definition) is 2. The van der Waals surface area contributed by atoms with Crippen LogP contribution in [0.2, 0.25) is 39.3 Å². The summed E-state index contributed by atoms with van der Waals surface area (Å²) >= 11 is 0. The topological polar surface area (TPSA) is 18.5 Å². The predicted molar refractivity (Wildman–Crippen MR) is 80.9 cm³/mol. The highest BCUT2D eigenvalue weighted by molar-refractivity contribution is 6.74. The first-order valence-corrected chi connectivity index (χ1v) is 15.3. The maximum Gasteiger partial charge on any atom is 0.213 e. The van der Waals surface area contributed by atoms with Crippen LogP contribution in [0.15, 0.2) is 0 Å². The first-order valence-electron chi connectivity index (χ1n) is 6.54. The first-order chi connectivity index (χ1) is 7.20. The lowest BCUT2D eigenvalue weighted by Crippen LogP contribution is -2.50. The molecule has 0 rings (SSSR count). The summed E-state index contributed by atoms with van der Waals surface area (Å²) in [5.41, 5.74) is 0.863. The van der Waals surface area contributed by atoms with Crippen LogP contribution in [0.3, 0.4) is 0 Å². The molecule has 2 atom stereocenters. The van der Waals surface area contributed by atoms with Crippen LogP contribution in [0.4, 0.5) is 0 Å². The summed E-state index contributed by atoms with van der Waals surface area (Å²) in [6.45, 7) is 18.3. The van der Waals surface area contributed by atoms with Crippen LogP contribution in [0.25, 0.3) is 0 Å². The largest absolute Gasteiger partial charge is 0.418 e. The van der Waals surface area contributed by atoms with Crippen LogP contribution in [-0.4, -0.2) is 37.6 Å². The summed E-state index contributed by atoms with van der Waals surface area (Å²) < 4.78 is 12.4. The third kappa shape index (κ3) is 5.77. The van der Waals surface area contributed by atoms with Crippen LogP contribution < -0.4 is 0 Å². The molecule has 0 aromatic heterocycles. The molecular formula is C11H30O2Si3. The van der Waals surface area contributed by atoms with Gasteiger partial charge in [-0.15, -0.1) is 0 Å². The van der Waals surface area contributed by atoms with E-state index in [2.05, 4.69) is 53.1 Å². The molecule has 0 heterocycles. The zero-order valence-electron chi connectivity index (χ0n) is 12.3. The van der Waals surface area contributed by atoms with Crippen molar-refractivity contribution in [3.8, 4) is 0 Å². The molecule has 5 heteroatoms. The van der Waals surface area contributed by atoms with E-state index >= 15 is 0 Å². The monoisotopic (exact) mass is 278 g/mol. The van der Waals surface area contributed by atoms with Crippen LogP contribution in [-0.2, 0) is 8.85 Å². The van der Waals surface area contributed by atoms with Crippen molar-refractivity contribution in [2.24, 2.45) is 0 Å². The minimum atomic E-state index is -1.67. The van der Waals surface area contributed by atoms with Crippen LogP contribution in [0.1, 0.15) is 20.3 Å². The van der Waals surface area contributed by atoms with Crippen molar-refractivity contribution in [3.05, 3.63) is 0 Å². The SMILES string of the molecule is CCC(O[Si](C)(C)C(C)O[SiH](C)C)[SiH](C)C. The van der Waals surface area contributed by atoms with Gasteiger partial charge in [-0.05, 0) is 39.5 Å². The second kappa shape index (κ2) is 7.10. The van der Waals surface area contributed by atoms with Crippen LogP contribution in [0, 0.1) is 0 Å². The number of hydrogen-bond donors (Lipinski definition) is 0. The fourth-order valence-electron chi connectivity index (χ4n) is 1.75. The Bertz CT molecular complexity index is 196. The molecule has 0 amide bonds. The smallest absolute Gasteiger partial charge is 0.213 e. The maximum absolute atomic E-state index is 6.41. The van der Waals surface area contributed by atoms with Gasteiger partial charge >= 0.3 is 0 Å². The van der Waals surface area contributed by atoms with Gasteiger partial charge in [-0.1, -0.05) is 20.0 Å². The van der Waals surface area contributed by atoms with E-state index in [1.54, 1.807) is 0 Å². The molecule has 0 saturated carbocycles. The zero-order chi connectivity index (χ0) is 12.9. The van der Waals surface area contributed by atoms with Gasteiger partial charge in [-0.2, -0.15) is 0 Å². The van der Waals surface area contributed by atoms with E-state index in [1.807, 2.05) is 0 Å². The summed E-state index contributed by atoms with van der Waals surface area (Å²) in [4.78, 5) is 0. The Morgan fingerprint density at radius 1 is 1.12 bits per heavy atom. The summed E-state index contributed by atoms with van der Waals surface area (Å²) in [6.07, 6.45) is 1.16. The molecule has 0 aliphatic heterocycles. The van der Waals surface area contributed by atoms with E-state index in [0.717, 1.165) is 6.42 Å². The Morgan fingerprint density at radius 3 is 1.94 bits per heavy atom. The second-order valence-corrected chi connectivity index (χ2v) is 15.6. The summed E-state index contributed by atoms with van der Waals surface area (Å²) in [5, 5.41) is 0. The molecule has 2 nitrogen and oxygen atoms in total. The van der Waals surface area contributed by atoms with Crippen molar-refractivity contribution in [1.82, 2.24) is 0 Å². The normalized spacial score (nSPS) is 16.9. The lowest BCUT2D eigenvalue weighted by atomic mass is 10.5. The van der Waals surface area contributed by atoms with Gasteiger partial charge in [0.1, 0.15) is 0 Å². The quantitative estimate of drug-likeness (QED) is 0.667. The Labute approximate surface area is 106 Å². The van der Waals surface area contributed by atoms with E-state index in [1.165, 1.54) is 0 Å². The number of rotatable bonds is 7. The van der Waals surface area contributed by atoms with Crippen molar-refractivity contribution >= 4 is 26.2 Å². The molecule has 0 aromatic rings. The van der Waals surface area contributed by atoms with E-state index in [9.17, 15) is 0 Å². The Kier molecular flexibility index (Phi) is 7.36. The first kappa shape index (κ1) is 16.6. The van der Waals surface area contributed by atoms with Crippen molar-refractivity contribution in [2.45, 2.75) is 71.0 Å². The van der Waals surface area contributed by atoms with Gasteiger partial charge in [0, 0.05) is 5.73 Å². The minimum absolute atomic E-state index is 0.334. The van der Waals surface area contributed by atoms with Gasteiger partial charge < -0.3 is 8.85 Å². The third-order valence-corrected chi connectivity index (χ3v) is 9.65. The summed E-state index contributed by atoms with van der Waals surface area (Å²) in [7, 11) is -3.30. The minimum Gasteiger partial charge on any atom is -0.418 e. The summed E-state index contributed by atoms with van der Waals surface area (Å²) in [6, 6.07) is 0. The van der Waals surface area contributed by atoms with Gasteiger partial charge in [0.05, 0.1) is 14.5 Å². The highest BCUT2D eigenvalue weighted by Crippen LogP contribution is 2.19. The Hall–Kier alpha value is 0.571. The average Bonchev–Trinajstić information content (AvgIpc) is 2.12. The Morgan fingerprint density at radius 2 is 1.62 bits per heavy atom. The molecule has 0 saturated heterocycles. The lowest BCUT2D eigenvalue weighted by Gasteiger charge is -2.36. The molecule has 16 heavy (non-hydrogen) atoms. The Balaban J connectivity index is 4.41. The van der Waals surface area contributed by atoms with Crippen molar-refractivity contribution < 1.29 is 8.85 Å². The third-order valence-electron chi connectivity index (χ3n) is 3.06. The predicted octanol–water partition coefficient (Wildman–Crippen LogP) is 2.94. The molecule has 98 valence electrons. The molecule has 0 fully saturated rings. The van der Waals surface area contributed by atoms with Crippen LogP contribution >= 0.6 is 0 Å². The molecule has 0 spiro atoms. The van der Waals surface area contributed by atoms with Crippen molar-refractivity contribution in [3.63, 3.8) is 0 Å². The van der Waals surface area contributed by atoms with E-state index < -0.39 is 26.2 Å². The molecule has 0 aromatic carbocycles. The van der Waals surface area contributed by atoms with Crippen molar-refractivity contribution in [1.29, 1.82) is 0 Å². The molecular weight excluding hydrogens is 248 g/mol. The van der Waals surface area contributed by atoms with E-state index in [4.69, 9.17) is 8.85 Å². The van der Waals surface area contributed by atoms with Gasteiger partial charge in [-0.3, -0.25) is 0 Å².